The number of aryl methyl sites for hydroxylation is 1. The van der Waals surface area contributed by atoms with Gasteiger partial charge in [0.1, 0.15) is 10.4 Å². The summed E-state index contributed by atoms with van der Waals surface area (Å²) < 4.78 is 32.8. The standard InChI is InChI=1S/C19H15N5O4S/c1-12-5-6-14(11-16(12)21-19(25)13-7-9-20-10-8-13)24-29(26,27)17-4-2-3-15-18(17)23-28-22-15/h2-11,24H,1H3,(H,21,25). The van der Waals surface area contributed by atoms with Gasteiger partial charge in [0.25, 0.3) is 15.9 Å². The van der Waals surface area contributed by atoms with E-state index in [-0.39, 0.29) is 22.0 Å². The van der Waals surface area contributed by atoms with Crippen LogP contribution in [-0.4, -0.2) is 29.6 Å². The lowest BCUT2D eigenvalue weighted by Gasteiger charge is -2.13. The highest BCUT2D eigenvalue weighted by Gasteiger charge is 2.21. The molecular weight excluding hydrogens is 394 g/mol. The van der Waals surface area contributed by atoms with Crippen LogP contribution in [0, 0.1) is 6.92 Å². The van der Waals surface area contributed by atoms with Crippen molar-refractivity contribution in [3.63, 3.8) is 0 Å². The zero-order chi connectivity index (χ0) is 20.4. The molecule has 4 aromatic rings. The largest absolute Gasteiger partial charge is 0.322 e. The summed E-state index contributed by atoms with van der Waals surface area (Å²) in [5, 5.41) is 10.1. The lowest BCUT2D eigenvalue weighted by molar-refractivity contribution is 0.102. The molecule has 0 aliphatic carbocycles. The van der Waals surface area contributed by atoms with Crippen LogP contribution < -0.4 is 10.0 Å². The smallest absolute Gasteiger partial charge is 0.264 e. The summed E-state index contributed by atoms with van der Waals surface area (Å²) in [5.74, 6) is -0.325. The van der Waals surface area contributed by atoms with Gasteiger partial charge < -0.3 is 5.32 Å². The number of fused-ring (bicyclic) bond motifs is 1. The van der Waals surface area contributed by atoms with Crippen LogP contribution in [0.5, 0.6) is 0 Å². The fourth-order valence-corrected chi connectivity index (χ4v) is 3.93. The molecule has 9 nitrogen and oxygen atoms in total. The zero-order valence-electron chi connectivity index (χ0n) is 15.2. The van der Waals surface area contributed by atoms with Gasteiger partial charge in [-0.1, -0.05) is 12.1 Å². The Morgan fingerprint density at radius 1 is 1.03 bits per heavy atom. The molecule has 2 heterocycles. The summed E-state index contributed by atoms with van der Waals surface area (Å²) in [4.78, 5) is 16.2. The van der Waals surface area contributed by atoms with Crippen molar-refractivity contribution in [2.75, 3.05) is 10.0 Å². The van der Waals surface area contributed by atoms with Crippen LogP contribution in [0.1, 0.15) is 15.9 Å². The number of hydrogen-bond donors (Lipinski definition) is 2. The number of benzene rings is 2. The van der Waals surface area contributed by atoms with Crippen LogP contribution in [0.15, 0.2) is 70.4 Å². The SMILES string of the molecule is Cc1ccc(NS(=O)(=O)c2cccc3nonc23)cc1NC(=O)c1ccncc1. The summed E-state index contributed by atoms with van der Waals surface area (Å²) >= 11 is 0. The first-order valence-corrected chi connectivity index (χ1v) is 9.98. The Balaban J connectivity index is 1.62. The van der Waals surface area contributed by atoms with Crippen molar-refractivity contribution in [3.05, 3.63) is 72.1 Å². The monoisotopic (exact) mass is 409 g/mol. The number of anilines is 2. The van der Waals surface area contributed by atoms with Gasteiger partial charge in [0.2, 0.25) is 0 Å². The second-order valence-corrected chi connectivity index (χ2v) is 7.86. The molecule has 0 radical (unpaired) electrons. The molecular formula is C19H15N5O4S. The van der Waals surface area contributed by atoms with Gasteiger partial charge in [-0.2, -0.15) is 0 Å². The lowest BCUT2D eigenvalue weighted by Crippen LogP contribution is -2.15. The van der Waals surface area contributed by atoms with Crippen LogP contribution in [0.2, 0.25) is 0 Å². The van der Waals surface area contributed by atoms with Crippen molar-refractivity contribution in [1.82, 2.24) is 15.3 Å². The predicted octanol–water partition coefficient (Wildman–Crippen LogP) is 2.98. The first kappa shape index (κ1) is 18.6. The average molecular weight is 409 g/mol. The minimum absolute atomic E-state index is 0.0563. The van der Waals surface area contributed by atoms with E-state index in [0.717, 1.165) is 5.56 Å². The van der Waals surface area contributed by atoms with Crippen molar-refractivity contribution >= 4 is 38.3 Å². The molecule has 29 heavy (non-hydrogen) atoms. The van der Waals surface area contributed by atoms with Gasteiger partial charge in [0, 0.05) is 23.6 Å². The fourth-order valence-electron chi connectivity index (χ4n) is 2.73. The van der Waals surface area contributed by atoms with Gasteiger partial charge in [0.15, 0.2) is 5.52 Å². The van der Waals surface area contributed by atoms with Gasteiger partial charge in [-0.05, 0) is 59.2 Å². The van der Waals surface area contributed by atoms with E-state index >= 15 is 0 Å². The van der Waals surface area contributed by atoms with Crippen LogP contribution >= 0.6 is 0 Å². The molecule has 0 fully saturated rings. The Kier molecular flexibility index (Phi) is 4.69. The van der Waals surface area contributed by atoms with E-state index in [1.165, 1.54) is 18.5 Å². The van der Waals surface area contributed by atoms with Crippen molar-refractivity contribution in [1.29, 1.82) is 0 Å². The molecule has 0 saturated carbocycles. The number of pyridine rings is 1. The van der Waals surface area contributed by atoms with E-state index < -0.39 is 10.0 Å². The molecule has 0 aliphatic heterocycles. The Hall–Kier alpha value is -3.79. The van der Waals surface area contributed by atoms with Crippen molar-refractivity contribution in [2.24, 2.45) is 0 Å². The number of rotatable bonds is 5. The van der Waals surface area contributed by atoms with Gasteiger partial charge in [-0.3, -0.25) is 14.5 Å². The van der Waals surface area contributed by atoms with E-state index in [0.29, 0.717) is 16.8 Å². The third-order valence-electron chi connectivity index (χ3n) is 4.22. The zero-order valence-corrected chi connectivity index (χ0v) is 16.0. The second-order valence-electron chi connectivity index (χ2n) is 6.21. The van der Waals surface area contributed by atoms with Crippen molar-refractivity contribution < 1.29 is 17.8 Å². The molecule has 2 aromatic heterocycles. The summed E-state index contributed by atoms with van der Waals surface area (Å²) in [6.07, 6.45) is 3.04. The third-order valence-corrected chi connectivity index (χ3v) is 5.63. The quantitative estimate of drug-likeness (QED) is 0.519. The van der Waals surface area contributed by atoms with E-state index in [4.69, 9.17) is 0 Å². The highest BCUT2D eigenvalue weighted by Crippen LogP contribution is 2.26. The molecule has 1 amide bonds. The fraction of sp³-hybridized carbons (Fsp3) is 0.0526. The number of carbonyl (C=O) groups is 1. The molecule has 0 unspecified atom stereocenters. The summed E-state index contributed by atoms with van der Waals surface area (Å²) in [5.41, 5.74) is 2.46. The number of sulfonamides is 1. The molecule has 4 rings (SSSR count). The van der Waals surface area contributed by atoms with Crippen molar-refractivity contribution in [3.8, 4) is 0 Å². The maximum atomic E-state index is 12.8. The molecule has 10 heteroatoms. The first-order valence-electron chi connectivity index (χ1n) is 8.50. The maximum Gasteiger partial charge on any atom is 0.264 e. The lowest BCUT2D eigenvalue weighted by atomic mass is 10.1. The summed E-state index contributed by atoms with van der Waals surface area (Å²) in [6.45, 7) is 1.81. The highest BCUT2D eigenvalue weighted by molar-refractivity contribution is 7.93. The number of carbonyl (C=O) groups excluding carboxylic acids is 1. The summed E-state index contributed by atoms with van der Waals surface area (Å²) in [6, 6.07) is 12.6. The highest BCUT2D eigenvalue weighted by atomic mass is 32.2. The van der Waals surface area contributed by atoms with Crippen LogP contribution in [0.25, 0.3) is 11.0 Å². The van der Waals surface area contributed by atoms with Crippen LogP contribution in [0.4, 0.5) is 11.4 Å². The molecule has 2 N–H and O–H groups in total. The molecule has 2 aromatic carbocycles. The Labute approximate surface area is 165 Å². The number of nitrogens with zero attached hydrogens (tertiary/aromatic N) is 3. The first-order chi connectivity index (χ1) is 13.9. The Morgan fingerprint density at radius 2 is 1.83 bits per heavy atom. The number of nitrogens with one attached hydrogen (secondary N) is 2. The Morgan fingerprint density at radius 3 is 2.62 bits per heavy atom. The number of amides is 1. The van der Waals surface area contributed by atoms with Crippen molar-refractivity contribution in [2.45, 2.75) is 11.8 Å². The van der Waals surface area contributed by atoms with E-state index in [1.54, 1.807) is 42.5 Å². The molecule has 0 aliphatic rings. The molecule has 0 atom stereocenters. The third kappa shape index (κ3) is 3.78. The predicted molar refractivity (Wildman–Crippen MR) is 106 cm³/mol. The minimum Gasteiger partial charge on any atom is -0.322 e. The van der Waals surface area contributed by atoms with Gasteiger partial charge in [-0.25, -0.2) is 13.0 Å². The molecule has 146 valence electrons. The average Bonchev–Trinajstić information content (AvgIpc) is 3.19. The van der Waals surface area contributed by atoms with Gasteiger partial charge in [-0.15, -0.1) is 0 Å². The van der Waals surface area contributed by atoms with Gasteiger partial charge in [0.05, 0.1) is 5.69 Å². The number of hydrogen-bond acceptors (Lipinski definition) is 7. The van der Waals surface area contributed by atoms with Crippen LogP contribution in [-0.2, 0) is 10.0 Å². The molecule has 0 saturated heterocycles. The van der Waals surface area contributed by atoms with E-state index in [2.05, 4.69) is 30.0 Å². The van der Waals surface area contributed by atoms with Crippen LogP contribution in [0.3, 0.4) is 0 Å². The normalized spacial score (nSPS) is 11.3. The maximum absolute atomic E-state index is 12.8. The van der Waals surface area contributed by atoms with Gasteiger partial charge >= 0.3 is 0 Å². The number of aromatic nitrogens is 3. The summed E-state index contributed by atoms with van der Waals surface area (Å²) in [7, 11) is -3.95. The van der Waals surface area contributed by atoms with E-state index in [9.17, 15) is 13.2 Å². The minimum atomic E-state index is -3.95. The Bertz CT molecular complexity index is 1300. The topological polar surface area (TPSA) is 127 Å². The van der Waals surface area contributed by atoms with E-state index in [1.807, 2.05) is 6.92 Å². The second kappa shape index (κ2) is 7.32. The molecule has 0 bridgehead atoms. The molecule has 0 spiro atoms.